The third kappa shape index (κ3) is 2.84. The lowest BCUT2D eigenvalue weighted by Gasteiger charge is -2.22. The first-order valence-corrected chi connectivity index (χ1v) is 7.56. The second kappa shape index (κ2) is 5.35. The Hall–Kier alpha value is -2.11. The van der Waals surface area contributed by atoms with Gasteiger partial charge in [0.15, 0.2) is 0 Å². The van der Waals surface area contributed by atoms with Crippen LogP contribution in [0, 0.1) is 0 Å². The maximum absolute atomic E-state index is 12.2. The lowest BCUT2D eigenvalue weighted by atomic mass is 10.1. The van der Waals surface area contributed by atoms with Crippen LogP contribution < -0.4 is 5.32 Å². The summed E-state index contributed by atoms with van der Waals surface area (Å²) in [6, 6.07) is 13.3. The van der Waals surface area contributed by atoms with Gasteiger partial charge in [-0.15, -0.1) is 11.3 Å². The topological polar surface area (TPSA) is 65.1 Å². The highest BCUT2D eigenvalue weighted by atomic mass is 32.1. The van der Waals surface area contributed by atoms with Crippen LogP contribution in [-0.2, 0) is 5.60 Å². The van der Waals surface area contributed by atoms with Gasteiger partial charge in [0.05, 0.1) is 6.54 Å². The van der Waals surface area contributed by atoms with Gasteiger partial charge in [0.25, 0.3) is 5.91 Å². The summed E-state index contributed by atoms with van der Waals surface area (Å²) in [5.74, 6) is -0.219. The third-order valence-corrected chi connectivity index (χ3v) is 4.54. The van der Waals surface area contributed by atoms with Crippen molar-refractivity contribution in [2.45, 2.75) is 12.5 Å². The molecule has 1 amide bonds. The fourth-order valence-corrected chi connectivity index (χ4v) is 3.00. The number of hydrogen-bond donors (Lipinski definition) is 3. The van der Waals surface area contributed by atoms with Crippen molar-refractivity contribution >= 4 is 28.1 Å². The molecule has 2 aromatic heterocycles. The average Bonchev–Trinajstić information content (AvgIpc) is 3.13. The molecule has 3 aromatic rings. The molecule has 2 heterocycles. The highest BCUT2D eigenvalue weighted by Crippen LogP contribution is 2.24. The average molecular weight is 300 g/mol. The van der Waals surface area contributed by atoms with Gasteiger partial charge in [0, 0.05) is 15.8 Å². The number of amides is 1. The van der Waals surface area contributed by atoms with Gasteiger partial charge in [-0.25, -0.2) is 0 Å². The Morgan fingerprint density at radius 3 is 2.86 bits per heavy atom. The number of benzene rings is 1. The molecule has 5 heteroatoms. The molecule has 4 nitrogen and oxygen atoms in total. The summed E-state index contributed by atoms with van der Waals surface area (Å²) in [5.41, 5.74) is 0.362. The van der Waals surface area contributed by atoms with E-state index in [0.29, 0.717) is 5.69 Å². The Labute approximate surface area is 126 Å². The number of fused-ring (bicyclic) bond motifs is 1. The number of hydrogen-bond acceptors (Lipinski definition) is 3. The molecule has 0 radical (unpaired) electrons. The Balaban J connectivity index is 1.72. The standard InChI is InChI=1S/C16H16N2O2S/c1-16(20,14-7-4-8-21-14)10-17-15(19)13-9-11-5-2-3-6-12(11)18-13/h2-9,18,20H,10H2,1H3,(H,17,19)/t16-/m1/s1. The molecule has 0 fully saturated rings. The van der Waals surface area contributed by atoms with Crippen molar-refractivity contribution in [3.05, 3.63) is 58.4 Å². The molecule has 3 rings (SSSR count). The van der Waals surface area contributed by atoms with Crippen LogP contribution in [0.5, 0.6) is 0 Å². The molecular weight excluding hydrogens is 284 g/mol. The van der Waals surface area contributed by atoms with Crippen LogP contribution in [0.25, 0.3) is 10.9 Å². The predicted octanol–water partition coefficient (Wildman–Crippen LogP) is 2.87. The van der Waals surface area contributed by atoms with Crippen LogP contribution >= 0.6 is 11.3 Å². The fraction of sp³-hybridized carbons (Fsp3) is 0.188. The number of rotatable bonds is 4. The van der Waals surface area contributed by atoms with E-state index in [4.69, 9.17) is 0 Å². The maximum Gasteiger partial charge on any atom is 0.267 e. The number of thiophene rings is 1. The monoisotopic (exact) mass is 300 g/mol. The summed E-state index contributed by atoms with van der Waals surface area (Å²) in [6.07, 6.45) is 0. The predicted molar refractivity (Wildman–Crippen MR) is 84.5 cm³/mol. The number of carbonyl (C=O) groups excluding carboxylic acids is 1. The number of nitrogens with one attached hydrogen (secondary N) is 2. The molecule has 108 valence electrons. The second-order valence-corrected chi connectivity index (χ2v) is 6.15. The lowest BCUT2D eigenvalue weighted by molar-refractivity contribution is 0.0555. The van der Waals surface area contributed by atoms with Crippen molar-refractivity contribution in [1.29, 1.82) is 0 Å². The summed E-state index contributed by atoms with van der Waals surface area (Å²) < 4.78 is 0. The minimum atomic E-state index is -1.06. The van der Waals surface area contributed by atoms with Crippen LogP contribution in [0.3, 0.4) is 0 Å². The number of aromatic amines is 1. The van der Waals surface area contributed by atoms with Crippen molar-refractivity contribution in [1.82, 2.24) is 10.3 Å². The van der Waals surface area contributed by atoms with E-state index in [0.717, 1.165) is 15.8 Å². The number of para-hydroxylation sites is 1. The van der Waals surface area contributed by atoms with Crippen molar-refractivity contribution in [2.24, 2.45) is 0 Å². The summed E-state index contributed by atoms with van der Waals surface area (Å²) in [5, 5.41) is 16.1. The maximum atomic E-state index is 12.2. The van der Waals surface area contributed by atoms with Gasteiger partial charge >= 0.3 is 0 Å². The van der Waals surface area contributed by atoms with Crippen LogP contribution in [0.15, 0.2) is 47.8 Å². The van der Waals surface area contributed by atoms with E-state index in [1.165, 1.54) is 11.3 Å². The minimum Gasteiger partial charge on any atom is -0.383 e. The summed E-state index contributed by atoms with van der Waals surface area (Å²) in [4.78, 5) is 16.1. The number of aliphatic hydroxyl groups is 1. The van der Waals surface area contributed by atoms with Crippen LogP contribution in [0.4, 0.5) is 0 Å². The van der Waals surface area contributed by atoms with Crippen molar-refractivity contribution in [3.63, 3.8) is 0 Å². The molecule has 0 bridgehead atoms. The number of carbonyl (C=O) groups is 1. The van der Waals surface area contributed by atoms with Gasteiger partial charge in [-0.05, 0) is 30.5 Å². The van der Waals surface area contributed by atoms with E-state index in [-0.39, 0.29) is 12.5 Å². The Morgan fingerprint density at radius 2 is 2.14 bits per heavy atom. The normalized spacial score (nSPS) is 14.0. The first kappa shape index (κ1) is 13.9. The quantitative estimate of drug-likeness (QED) is 0.693. The van der Waals surface area contributed by atoms with Crippen molar-refractivity contribution < 1.29 is 9.90 Å². The van der Waals surface area contributed by atoms with E-state index in [1.807, 2.05) is 47.8 Å². The highest BCUT2D eigenvalue weighted by molar-refractivity contribution is 7.10. The van der Waals surface area contributed by atoms with Crippen LogP contribution in [0.1, 0.15) is 22.3 Å². The first-order valence-electron chi connectivity index (χ1n) is 6.68. The second-order valence-electron chi connectivity index (χ2n) is 5.20. The summed E-state index contributed by atoms with van der Waals surface area (Å²) >= 11 is 1.47. The third-order valence-electron chi connectivity index (χ3n) is 3.42. The SMILES string of the molecule is C[C@@](O)(CNC(=O)c1cc2ccccc2[nH]1)c1cccs1. The van der Waals surface area contributed by atoms with Crippen LogP contribution in [0.2, 0.25) is 0 Å². The van der Waals surface area contributed by atoms with E-state index in [1.54, 1.807) is 6.92 Å². The van der Waals surface area contributed by atoms with E-state index < -0.39 is 5.60 Å². The number of aromatic nitrogens is 1. The van der Waals surface area contributed by atoms with E-state index >= 15 is 0 Å². The zero-order valence-electron chi connectivity index (χ0n) is 11.6. The van der Waals surface area contributed by atoms with Gasteiger partial charge in [0.1, 0.15) is 11.3 Å². The number of H-pyrrole nitrogens is 1. The highest BCUT2D eigenvalue weighted by Gasteiger charge is 2.25. The largest absolute Gasteiger partial charge is 0.383 e. The van der Waals surface area contributed by atoms with Gasteiger partial charge in [-0.1, -0.05) is 24.3 Å². The van der Waals surface area contributed by atoms with E-state index in [2.05, 4.69) is 10.3 Å². The van der Waals surface area contributed by atoms with Crippen molar-refractivity contribution in [2.75, 3.05) is 6.54 Å². The van der Waals surface area contributed by atoms with Gasteiger partial charge in [-0.2, -0.15) is 0 Å². The van der Waals surface area contributed by atoms with Gasteiger partial charge in [0.2, 0.25) is 0 Å². The molecule has 1 aromatic carbocycles. The zero-order valence-corrected chi connectivity index (χ0v) is 12.4. The molecule has 3 N–H and O–H groups in total. The zero-order chi connectivity index (χ0) is 14.9. The molecule has 0 aliphatic rings. The molecule has 0 unspecified atom stereocenters. The molecule has 0 saturated heterocycles. The first-order chi connectivity index (χ1) is 10.1. The molecule has 0 saturated carbocycles. The Morgan fingerprint density at radius 1 is 1.33 bits per heavy atom. The minimum absolute atomic E-state index is 0.168. The smallest absolute Gasteiger partial charge is 0.267 e. The van der Waals surface area contributed by atoms with Gasteiger partial charge < -0.3 is 15.4 Å². The van der Waals surface area contributed by atoms with Crippen molar-refractivity contribution in [3.8, 4) is 0 Å². The van der Waals surface area contributed by atoms with Gasteiger partial charge in [-0.3, -0.25) is 4.79 Å². The molecule has 0 aliphatic heterocycles. The summed E-state index contributed by atoms with van der Waals surface area (Å²) in [6.45, 7) is 1.87. The van der Waals surface area contributed by atoms with E-state index in [9.17, 15) is 9.90 Å². The molecular formula is C16H16N2O2S. The molecule has 1 atom stereocenters. The summed E-state index contributed by atoms with van der Waals surface area (Å²) in [7, 11) is 0. The Bertz CT molecular complexity index is 727. The fourth-order valence-electron chi connectivity index (χ4n) is 2.22. The van der Waals surface area contributed by atoms with Crippen LogP contribution in [-0.4, -0.2) is 22.5 Å². The molecule has 0 aliphatic carbocycles. The lowest BCUT2D eigenvalue weighted by Crippen LogP contribution is -2.38. The molecule has 0 spiro atoms. The molecule has 21 heavy (non-hydrogen) atoms. The Kier molecular flexibility index (Phi) is 3.53.